The average molecular weight is 305 g/mol. The van der Waals surface area contributed by atoms with E-state index in [0.29, 0.717) is 10.6 Å². The monoisotopic (exact) mass is 304 g/mol. The van der Waals surface area contributed by atoms with Crippen molar-refractivity contribution >= 4 is 23.2 Å². The highest BCUT2D eigenvalue weighted by Crippen LogP contribution is 2.21. The maximum atomic E-state index is 11.7. The van der Waals surface area contributed by atoms with E-state index >= 15 is 0 Å². The molecule has 3 N–H and O–H groups in total. The second-order valence-corrected chi connectivity index (χ2v) is 4.97. The zero-order valence-corrected chi connectivity index (χ0v) is 12.2. The summed E-state index contributed by atoms with van der Waals surface area (Å²) in [6, 6.07) is 16.5. The van der Waals surface area contributed by atoms with Crippen LogP contribution in [0.5, 0.6) is 0 Å². The second-order valence-electron chi connectivity index (χ2n) is 4.56. The number of aliphatic hydroxyl groups excluding tert-OH is 1. The number of para-hydroxylation sites is 1. The molecule has 0 aliphatic carbocycles. The van der Waals surface area contributed by atoms with Crippen molar-refractivity contribution < 1.29 is 9.90 Å². The molecule has 1 amide bonds. The van der Waals surface area contributed by atoms with Crippen LogP contribution in [0.4, 0.5) is 5.69 Å². The van der Waals surface area contributed by atoms with Gasteiger partial charge in [0.1, 0.15) is 0 Å². The number of carbonyl (C=O) groups excluding carboxylic acids is 1. The molecule has 0 aliphatic heterocycles. The number of aliphatic hydroxyl groups is 1. The Morgan fingerprint density at radius 2 is 1.76 bits per heavy atom. The lowest BCUT2D eigenvalue weighted by atomic mass is 10.1. The van der Waals surface area contributed by atoms with Crippen molar-refractivity contribution in [2.45, 2.75) is 6.10 Å². The number of rotatable bonds is 6. The summed E-state index contributed by atoms with van der Waals surface area (Å²) in [5.74, 6) is -0.190. The molecule has 0 spiro atoms. The first-order chi connectivity index (χ1) is 10.2. The van der Waals surface area contributed by atoms with Crippen LogP contribution >= 0.6 is 11.6 Å². The van der Waals surface area contributed by atoms with Crippen LogP contribution < -0.4 is 10.6 Å². The van der Waals surface area contributed by atoms with Crippen molar-refractivity contribution in [2.24, 2.45) is 0 Å². The van der Waals surface area contributed by atoms with Crippen LogP contribution in [0, 0.1) is 0 Å². The summed E-state index contributed by atoms with van der Waals surface area (Å²) in [4.78, 5) is 11.7. The topological polar surface area (TPSA) is 61.4 Å². The van der Waals surface area contributed by atoms with Crippen molar-refractivity contribution in [2.75, 3.05) is 18.4 Å². The summed E-state index contributed by atoms with van der Waals surface area (Å²) in [6.45, 7) is 0.276. The van der Waals surface area contributed by atoms with Gasteiger partial charge in [0.2, 0.25) is 5.91 Å². The minimum atomic E-state index is -0.820. The Labute approximate surface area is 128 Å². The van der Waals surface area contributed by atoms with Crippen molar-refractivity contribution in [3.05, 3.63) is 65.2 Å². The number of anilines is 1. The Kier molecular flexibility index (Phi) is 5.60. The van der Waals surface area contributed by atoms with Crippen LogP contribution in [-0.2, 0) is 4.79 Å². The summed E-state index contributed by atoms with van der Waals surface area (Å²) in [5.41, 5.74) is 1.48. The first kappa shape index (κ1) is 15.4. The number of carbonyl (C=O) groups is 1. The third kappa shape index (κ3) is 4.77. The predicted molar refractivity (Wildman–Crippen MR) is 84.4 cm³/mol. The van der Waals surface area contributed by atoms with Crippen LogP contribution in [0.1, 0.15) is 11.7 Å². The van der Waals surface area contributed by atoms with Crippen LogP contribution in [-0.4, -0.2) is 24.1 Å². The van der Waals surface area contributed by atoms with Crippen LogP contribution in [0.25, 0.3) is 0 Å². The Bertz CT molecular complexity index is 590. The van der Waals surface area contributed by atoms with Crippen LogP contribution in [0.2, 0.25) is 5.02 Å². The van der Waals surface area contributed by atoms with Gasteiger partial charge in [-0.05, 0) is 18.2 Å². The summed E-state index contributed by atoms with van der Waals surface area (Å²) in [5, 5.41) is 16.2. The normalized spacial score (nSPS) is 11.7. The van der Waals surface area contributed by atoms with Crippen molar-refractivity contribution in [1.82, 2.24) is 5.32 Å². The fourth-order valence-corrected chi connectivity index (χ4v) is 2.13. The molecule has 21 heavy (non-hydrogen) atoms. The van der Waals surface area contributed by atoms with Gasteiger partial charge >= 0.3 is 0 Å². The van der Waals surface area contributed by atoms with Gasteiger partial charge in [-0.3, -0.25) is 4.79 Å². The molecule has 0 fully saturated rings. The Hall–Kier alpha value is -2.04. The highest BCUT2D eigenvalue weighted by atomic mass is 35.5. The number of benzene rings is 2. The lowest BCUT2D eigenvalue weighted by Crippen LogP contribution is -2.33. The van der Waals surface area contributed by atoms with E-state index in [-0.39, 0.29) is 19.0 Å². The van der Waals surface area contributed by atoms with Gasteiger partial charge in [-0.1, -0.05) is 48.0 Å². The molecular formula is C16H17ClN2O2. The van der Waals surface area contributed by atoms with Crippen molar-refractivity contribution in [1.29, 1.82) is 0 Å². The van der Waals surface area contributed by atoms with E-state index in [1.54, 1.807) is 24.3 Å². The molecule has 110 valence electrons. The molecular weight excluding hydrogens is 288 g/mol. The van der Waals surface area contributed by atoms with Gasteiger partial charge < -0.3 is 15.7 Å². The molecule has 2 rings (SSSR count). The maximum Gasteiger partial charge on any atom is 0.239 e. The van der Waals surface area contributed by atoms with Crippen molar-refractivity contribution in [3.63, 3.8) is 0 Å². The fourth-order valence-electron chi connectivity index (χ4n) is 1.87. The summed E-state index contributed by atoms with van der Waals surface area (Å²) in [6.07, 6.45) is -0.820. The van der Waals surface area contributed by atoms with Gasteiger partial charge in [0.25, 0.3) is 0 Å². The minimum Gasteiger partial charge on any atom is -0.387 e. The van der Waals surface area contributed by atoms with E-state index in [9.17, 15) is 9.90 Å². The molecule has 0 aromatic heterocycles. The molecule has 2 aromatic rings. The smallest absolute Gasteiger partial charge is 0.239 e. The van der Waals surface area contributed by atoms with Gasteiger partial charge in [0.15, 0.2) is 0 Å². The SMILES string of the molecule is O=C(CNc1ccccc1)NCC(O)c1ccccc1Cl. The van der Waals surface area contributed by atoms with E-state index in [0.717, 1.165) is 5.69 Å². The second kappa shape index (κ2) is 7.67. The average Bonchev–Trinajstić information content (AvgIpc) is 2.52. The van der Waals surface area contributed by atoms with Gasteiger partial charge in [-0.25, -0.2) is 0 Å². The van der Waals surface area contributed by atoms with Gasteiger partial charge in [0, 0.05) is 22.8 Å². The van der Waals surface area contributed by atoms with Crippen molar-refractivity contribution in [3.8, 4) is 0 Å². The molecule has 0 heterocycles. The van der Waals surface area contributed by atoms with Crippen LogP contribution in [0.3, 0.4) is 0 Å². The van der Waals surface area contributed by atoms with E-state index in [1.807, 2.05) is 30.3 Å². The van der Waals surface area contributed by atoms with E-state index in [1.165, 1.54) is 0 Å². The Morgan fingerprint density at radius 3 is 2.48 bits per heavy atom. The largest absolute Gasteiger partial charge is 0.387 e. The quantitative estimate of drug-likeness (QED) is 0.769. The zero-order valence-electron chi connectivity index (χ0n) is 11.4. The number of halogens is 1. The number of amides is 1. The number of hydrogen-bond acceptors (Lipinski definition) is 3. The first-order valence-corrected chi connectivity index (χ1v) is 7.02. The molecule has 0 saturated carbocycles. The summed E-state index contributed by atoms with van der Waals surface area (Å²) in [7, 11) is 0. The van der Waals surface area contributed by atoms with Crippen LogP contribution in [0.15, 0.2) is 54.6 Å². The third-order valence-electron chi connectivity index (χ3n) is 2.98. The van der Waals surface area contributed by atoms with Gasteiger partial charge in [0.05, 0.1) is 12.6 Å². The van der Waals surface area contributed by atoms with E-state index < -0.39 is 6.10 Å². The fraction of sp³-hybridized carbons (Fsp3) is 0.188. The lowest BCUT2D eigenvalue weighted by Gasteiger charge is -2.14. The molecule has 0 aliphatic rings. The molecule has 5 heteroatoms. The van der Waals surface area contributed by atoms with E-state index in [4.69, 9.17) is 11.6 Å². The van der Waals surface area contributed by atoms with E-state index in [2.05, 4.69) is 10.6 Å². The third-order valence-corrected chi connectivity index (χ3v) is 3.33. The number of hydrogen-bond donors (Lipinski definition) is 3. The standard InChI is InChI=1S/C16H17ClN2O2/c17-14-9-5-4-8-13(14)15(20)10-19-16(21)11-18-12-6-2-1-3-7-12/h1-9,15,18,20H,10-11H2,(H,19,21). The lowest BCUT2D eigenvalue weighted by molar-refractivity contribution is -0.119. The molecule has 4 nitrogen and oxygen atoms in total. The summed E-state index contributed by atoms with van der Waals surface area (Å²) < 4.78 is 0. The van der Waals surface area contributed by atoms with Gasteiger partial charge in [-0.15, -0.1) is 0 Å². The zero-order chi connectivity index (χ0) is 15.1. The number of nitrogens with one attached hydrogen (secondary N) is 2. The van der Waals surface area contributed by atoms with Gasteiger partial charge in [-0.2, -0.15) is 0 Å². The maximum absolute atomic E-state index is 11.7. The Morgan fingerprint density at radius 1 is 1.10 bits per heavy atom. The Balaban J connectivity index is 1.77. The highest BCUT2D eigenvalue weighted by molar-refractivity contribution is 6.31. The first-order valence-electron chi connectivity index (χ1n) is 6.65. The predicted octanol–water partition coefficient (Wildman–Crippen LogP) is 2.60. The minimum absolute atomic E-state index is 0.124. The molecule has 1 atom stereocenters. The molecule has 2 aromatic carbocycles. The molecule has 1 unspecified atom stereocenters. The molecule has 0 saturated heterocycles. The summed E-state index contributed by atoms with van der Waals surface area (Å²) >= 11 is 5.99. The molecule has 0 bridgehead atoms. The molecule has 0 radical (unpaired) electrons. The highest BCUT2D eigenvalue weighted by Gasteiger charge is 2.12.